The highest BCUT2D eigenvalue weighted by Gasteiger charge is 2.40. The Morgan fingerprint density at radius 1 is 1.44 bits per heavy atom. The van der Waals surface area contributed by atoms with Crippen molar-refractivity contribution in [3.63, 3.8) is 0 Å². The van der Waals surface area contributed by atoms with Gasteiger partial charge >= 0.3 is 0 Å². The Hall–Kier alpha value is -0.120. The van der Waals surface area contributed by atoms with E-state index in [4.69, 9.17) is 10.5 Å². The Labute approximate surface area is 100 Å². The van der Waals surface area contributed by atoms with Crippen LogP contribution in [0.5, 0.6) is 0 Å². The van der Waals surface area contributed by atoms with Gasteiger partial charge in [0.2, 0.25) is 0 Å². The van der Waals surface area contributed by atoms with Crippen LogP contribution in [-0.4, -0.2) is 43.3 Å². The molecule has 2 atom stereocenters. The lowest BCUT2D eigenvalue weighted by molar-refractivity contribution is 0.0302. The molecule has 1 heterocycles. The molecule has 1 fully saturated rings. The van der Waals surface area contributed by atoms with E-state index in [1.807, 2.05) is 0 Å². The van der Waals surface area contributed by atoms with Crippen molar-refractivity contribution in [2.24, 2.45) is 11.7 Å². The van der Waals surface area contributed by atoms with Crippen molar-refractivity contribution in [2.45, 2.75) is 51.6 Å². The first-order chi connectivity index (χ1) is 7.60. The van der Waals surface area contributed by atoms with Gasteiger partial charge in [-0.15, -0.1) is 0 Å². The van der Waals surface area contributed by atoms with Crippen LogP contribution in [0.1, 0.15) is 40.0 Å². The Kier molecular flexibility index (Phi) is 5.22. The van der Waals surface area contributed by atoms with E-state index in [1.54, 1.807) is 0 Å². The number of nitrogens with two attached hydrogens (primary N) is 1. The lowest BCUT2D eigenvalue weighted by Crippen LogP contribution is -2.58. The van der Waals surface area contributed by atoms with Crippen LogP contribution < -0.4 is 5.73 Å². The summed E-state index contributed by atoms with van der Waals surface area (Å²) >= 11 is 0. The average molecular weight is 228 g/mol. The molecule has 16 heavy (non-hydrogen) atoms. The highest BCUT2D eigenvalue weighted by Crippen LogP contribution is 2.32. The minimum atomic E-state index is 0.0905. The second-order valence-electron chi connectivity index (χ2n) is 5.20. The van der Waals surface area contributed by atoms with Crippen LogP contribution in [0.25, 0.3) is 0 Å². The molecule has 0 aromatic rings. The Balaban J connectivity index is 2.76. The molecule has 3 heteroatoms. The van der Waals surface area contributed by atoms with E-state index in [0.717, 1.165) is 19.6 Å². The summed E-state index contributed by atoms with van der Waals surface area (Å²) in [6.07, 6.45) is 3.53. The van der Waals surface area contributed by atoms with E-state index < -0.39 is 0 Å². The first-order valence-electron chi connectivity index (χ1n) is 6.60. The van der Waals surface area contributed by atoms with Crippen LogP contribution in [0.15, 0.2) is 0 Å². The topological polar surface area (TPSA) is 38.5 Å². The van der Waals surface area contributed by atoms with Crippen molar-refractivity contribution < 1.29 is 4.74 Å². The number of rotatable bonds is 6. The van der Waals surface area contributed by atoms with Gasteiger partial charge in [-0.3, -0.25) is 4.90 Å². The van der Waals surface area contributed by atoms with Crippen molar-refractivity contribution in [3.8, 4) is 0 Å². The van der Waals surface area contributed by atoms with Crippen molar-refractivity contribution >= 4 is 0 Å². The number of nitrogens with zero attached hydrogens (tertiary/aromatic N) is 1. The summed E-state index contributed by atoms with van der Waals surface area (Å²) in [5.74, 6) is 0.586. The third-order valence-corrected chi connectivity index (χ3v) is 4.52. The third kappa shape index (κ3) is 2.58. The molecule has 1 saturated heterocycles. The lowest BCUT2D eigenvalue weighted by Gasteiger charge is -2.46. The molecule has 2 N–H and O–H groups in total. The largest absolute Gasteiger partial charge is 0.381 e. The molecule has 0 saturated carbocycles. The maximum absolute atomic E-state index is 6.04. The zero-order valence-electron chi connectivity index (χ0n) is 11.3. The fraction of sp³-hybridized carbons (Fsp3) is 1.00. The van der Waals surface area contributed by atoms with Crippen LogP contribution in [0.2, 0.25) is 0 Å². The molecule has 1 aliphatic heterocycles. The van der Waals surface area contributed by atoms with Gasteiger partial charge in [0.05, 0.1) is 6.61 Å². The summed E-state index contributed by atoms with van der Waals surface area (Å²) in [5.41, 5.74) is 6.13. The Morgan fingerprint density at radius 3 is 2.44 bits per heavy atom. The van der Waals surface area contributed by atoms with Crippen molar-refractivity contribution in [2.75, 3.05) is 26.8 Å². The molecule has 1 aliphatic rings. The molecule has 0 aromatic carbocycles. The molecule has 0 spiro atoms. The summed E-state index contributed by atoms with van der Waals surface area (Å²) in [7, 11) is 2.23. The monoisotopic (exact) mass is 228 g/mol. The van der Waals surface area contributed by atoms with Gasteiger partial charge < -0.3 is 10.5 Å². The first-order valence-corrected chi connectivity index (χ1v) is 6.60. The number of ether oxygens (including phenoxy) is 1. The zero-order chi connectivity index (χ0) is 12.2. The highest BCUT2D eigenvalue weighted by atomic mass is 16.5. The van der Waals surface area contributed by atoms with Gasteiger partial charge in [-0.2, -0.15) is 0 Å². The molecule has 2 unspecified atom stereocenters. The van der Waals surface area contributed by atoms with E-state index >= 15 is 0 Å². The van der Waals surface area contributed by atoms with Crippen LogP contribution in [-0.2, 0) is 4.74 Å². The van der Waals surface area contributed by atoms with Crippen LogP contribution in [0.4, 0.5) is 0 Å². The molecule has 1 rings (SSSR count). The van der Waals surface area contributed by atoms with Crippen molar-refractivity contribution in [1.82, 2.24) is 4.90 Å². The minimum Gasteiger partial charge on any atom is -0.381 e. The normalized spacial score (nSPS) is 25.3. The fourth-order valence-electron chi connectivity index (χ4n) is 2.88. The molecule has 0 aromatic heterocycles. The summed E-state index contributed by atoms with van der Waals surface area (Å²) in [6, 6.07) is 0.633. The van der Waals surface area contributed by atoms with Crippen LogP contribution >= 0.6 is 0 Å². The number of hydrogen-bond acceptors (Lipinski definition) is 3. The molecular weight excluding hydrogens is 200 g/mol. The summed E-state index contributed by atoms with van der Waals surface area (Å²) < 4.78 is 5.52. The second kappa shape index (κ2) is 5.99. The van der Waals surface area contributed by atoms with Gasteiger partial charge in [0, 0.05) is 30.7 Å². The zero-order valence-corrected chi connectivity index (χ0v) is 11.3. The van der Waals surface area contributed by atoms with E-state index in [1.165, 1.54) is 12.8 Å². The molecule has 0 radical (unpaired) electrons. The molecule has 96 valence electrons. The Morgan fingerprint density at radius 2 is 2.06 bits per heavy atom. The van der Waals surface area contributed by atoms with Crippen molar-refractivity contribution in [3.05, 3.63) is 0 Å². The third-order valence-electron chi connectivity index (χ3n) is 4.52. The van der Waals surface area contributed by atoms with Crippen molar-refractivity contribution in [1.29, 1.82) is 0 Å². The van der Waals surface area contributed by atoms with Gasteiger partial charge in [0.25, 0.3) is 0 Å². The maximum Gasteiger partial charge on any atom is 0.0513 e. The SMILES string of the molecule is CCC(CC)N(C)C(C)(CN)C1CCOC1. The highest BCUT2D eigenvalue weighted by molar-refractivity contribution is 4.96. The average Bonchev–Trinajstić information content (AvgIpc) is 2.83. The summed E-state index contributed by atoms with van der Waals surface area (Å²) in [5, 5.41) is 0. The molecule has 0 aliphatic carbocycles. The summed E-state index contributed by atoms with van der Waals surface area (Å²) in [6.45, 7) is 9.30. The molecular formula is C13H28N2O. The van der Waals surface area contributed by atoms with Gasteiger partial charge in [0.15, 0.2) is 0 Å². The van der Waals surface area contributed by atoms with Gasteiger partial charge in [0.1, 0.15) is 0 Å². The maximum atomic E-state index is 6.04. The van der Waals surface area contributed by atoms with E-state index in [9.17, 15) is 0 Å². The molecule has 3 nitrogen and oxygen atoms in total. The minimum absolute atomic E-state index is 0.0905. The quantitative estimate of drug-likeness (QED) is 0.754. The van der Waals surface area contributed by atoms with Gasteiger partial charge in [-0.05, 0) is 33.2 Å². The van der Waals surface area contributed by atoms with E-state index in [-0.39, 0.29) is 5.54 Å². The smallest absolute Gasteiger partial charge is 0.0513 e. The van der Waals surface area contributed by atoms with E-state index in [2.05, 4.69) is 32.7 Å². The molecule has 0 amide bonds. The van der Waals surface area contributed by atoms with Crippen LogP contribution in [0, 0.1) is 5.92 Å². The van der Waals surface area contributed by atoms with Gasteiger partial charge in [-0.1, -0.05) is 13.8 Å². The van der Waals surface area contributed by atoms with Crippen LogP contribution in [0.3, 0.4) is 0 Å². The number of likely N-dealkylation sites (N-methyl/N-ethyl adjacent to an activating group) is 1. The fourth-order valence-corrected chi connectivity index (χ4v) is 2.88. The predicted octanol–water partition coefficient (Wildman–Crippen LogP) is 1.86. The standard InChI is InChI=1S/C13H28N2O/c1-5-12(6-2)15(4)13(3,10-14)11-7-8-16-9-11/h11-12H,5-10,14H2,1-4H3. The Bertz CT molecular complexity index is 200. The predicted molar refractivity (Wildman–Crippen MR) is 68.5 cm³/mol. The first kappa shape index (κ1) is 13.9. The second-order valence-corrected chi connectivity index (χ2v) is 5.20. The lowest BCUT2D eigenvalue weighted by atomic mass is 9.82. The molecule has 0 bridgehead atoms. The summed E-state index contributed by atoms with van der Waals surface area (Å²) in [4.78, 5) is 2.49. The number of hydrogen-bond donors (Lipinski definition) is 1. The van der Waals surface area contributed by atoms with Gasteiger partial charge in [-0.25, -0.2) is 0 Å². The van der Waals surface area contributed by atoms with E-state index in [0.29, 0.717) is 18.5 Å².